The van der Waals surface area contributed by atoms with Crippen molar-refractivity contribution in [1.29, 1.82) is 0 Å². The Hall–Kier alpha value is -7.83. The van der Waals surface area contributed by atoms with Gasteiger partial charge in [0.2, 0.25) is 12.3 Å². The minimum absolute atomic E-state index is 0.0290. The van der Waals surface area contributed by atoms with Crippen molar-refractivity contribution < 1.29 is 61.8 Å². The molecule has 5 aromatic rings. The highest BCUT2D eigenvalue weighted by Gasteiger charge is 2.34. The maximum absolute atomic E-state index is 13.8. The molecule has 0 aliphatic carbocycles. The molecule has 1 saturated heterocycles. The van der Waals surface area contributed by atoms with Gasteiger partial charge in [0.1, 0.15) is 30.8 Å². The quantitative estimate of drug-likeness (QED) is 0.0149. The van der Waals surface area contributed by atoms with Crippen molar-refractivity contribution in [2.45, 2.75) is 91.1 Å². The molecule has 6 rings (SSSR count). The molecule has 0 radical (unpaired) electrons. The molecule has 1 aromatic heterocycles. The van der Waals surface area contributed by atoms with Crippen LogP contribution in [0.2, 0.25) is 0 Å². The number of hydroxylamine groups is 2. The molecule has 3 unspecified atom stereocenters. The second-order valence-electron chi connectivity index (χ2n) is 17.5. The lowest BCUT2D eigenvalue weighted by molar-refractivity contribution is -0.171. The predicted molar refractivity (Wildman–Crippen MR) is 272 cm³/mol. The fourth-order valence-electron chi connectivity index (χ4n) is 8.24. The standard InChI is InChI=1S/C56H65N5O13/c1-4-7-10-19-44(47(5-2)61(38-62)74-55(67)42-22-20-39(21-23-42)34-60-28-30-69-31-29-60)52(64)57-37-58-54(66)49-27-26-48(73-49)43-24-25-45(50(32-43)70-6-3)53(65)59-46(56(68)72-36-41-17-13-9-14-18-41)33-51(63)71-35-40-15-11-8-12-16-40/h8-9,11-18,20-27,32,38,44,46-47H,4-7,10,19,28-31,33-37H2,1-3H3,(H,57,64)(H,58,66)(H,59,65). The second-order valence-corrected chi connectivity index (χ2v) is 17.5. The number of hydrogen-bond donors (Lipinski definition) is 3. The summed E-state index contributed by atoms with van der Waals surface area (Å²) in [5.74, 6) is -4.59. The van der Waals surface area contributed by atoms with E-state index in [-0.39, 0.29) is 54.9 Å². The number of benzene rings is 4. The zero-order chi connectivity index (χ0) is 52.7. The van der Waals surface area contributed by atoms with Gasteiger partial charge in [0.25, 0.3) is 11.8 Å². The van der Waals surface area contributed by atoms with Gasteiger partial charge in [0.15, 0.2) is 5.76 Å². The maximum Gasteiger partial charge on any atom is 0.363 e. The molecule has 1 aliphatic rings. The molecular weight excluding hydrogens is 951 g/mol. The number of nitrogens with one attached hydrogen (secondary N) is 3. The van der Waals surface area contributed by atoms with E-state index in [0.717, 1.165) is 42.1 Å². The van der Waals surface area contributed by atoms with Crippen molar-refractivity contribution >= 4 is 42.0 Å². The van der Waals surface area contributed by atoms with Gasteiger partial charge in [-0.2, -0.15) is 5.06 Å². The number of amides is 4. The number of rotatable bonds is 28. The zero-order valence-electron chi connectivity index (χ0n) is 42.1. The van der Waals surface area contributed by atoms with E-state index in [1.54, 1.807) is 92.7 Å². The van der Waals surface area contributed by atoms with E-state index in [2.05, 4.69) is 20.9 Å². The molecule has 0 spiro atoms. The first-order valence-electron chi connectivity index (χ1n) is 25.0. The molecule has 2 heterocycles. The van der Waals surface area contributed by atoms with Crippen molar-refractivity contribution in [1.82, 2.24) is 25.9 Å². The average molecular weight is 1020 g/mol. The van der Waals surface area contributed by atoms with Crippen LogP contribution in [0.25, 0.3) is 11.3 Å². The Morgan fingerprint density at radius 2 is 1.45 bits per heavy atom. The molecular formula is C56H65N5O13. The summed E-state index contributed by atoms with van der Waals surface area (Å²) < 4.78 is 28.1. The van der Waals surface area contributed by atoms with Crippen LogP contribution < -0.4 is 20.7 Å². The first-order chi connectivity index (χ1) is 36.0. The van der Waals surface area contributed by atoms with Crippen molar-refractivity contribution in [3.05, 3.63) is 149 Å². The fraction of sp³-hybridized carbons (Fsp3) is 0.375. The van der Waals surface area contributed by atoms with Crippen LogP contribution in [0.15, 0.2) is 120 Å². The molecule has 3 N–H and O–H groups in total. The van der Waals surface area contributed by atoms with E-state index < -0.39 is 60.1 Å². The van der Waals surface area contributed by atoms with Gasteiger partial charge in [-0.05, 0) is 72.9 Å². The zero-order valence-corrected chi connectivity index (χ0v) is 42.1. The predicted octanol–water partition coefficient (Wildman–Crippen LogP) is 7.16. The highest BCUT2D eigenvalue weighted by molar-refractivity contribution is 6.00. The number of morpholine rings is 1. The van der Waals surface area contributed by atoms with Gasteiger partial charge in [-0.15, -0.1) is 0 Å². The maximum atomic E-state index is 13.8. The van der Waals surface area contributed by atoms with E-state index in [4.69, 9.17) is 28.2 Å². The van der Waals surface area contributed by atoms with Gasteiger partial charge < -0.3 is 44.2 Å². The monoisotopic (exact) mass is 1020 g/mol. The lowest BCUT2D eigenvalue weighted by Gasteiger charge is -2.31. The Kier molecular flexibility index (Phi) is 21.8. The fourth-order valence-corrected chi connectivity index (χ4v) is 8.24. The topological polar surface area (TPSA) is 221 Å². The third-order valence-corrected chi connectivity index (χ3v) is 12.2. The van der Waals surface area contributed by atoms with E-state index >= 15 is 0 Å². The Morgan fingerprint density at radius 3 is 2.09 bits per heavy atom. The summed E-state index contributed by atoms with van der Waals surface area (Å²) in [6, 6.07) is 30.4. The van der Waals surface area contributed by atoms with Crippen LogP contribution in [-0.4, -0.2) is 104 Å². The molecule has 18 heteroatoms. The van der Waals surface area contributed by atoms with Crippen LogP contribution in [0.1, 0.15) is 107 Å². The molecule has 4 amide bonds. The second kappa shape index (κ2) is 29.0. The van der Waals surface area contributed by atoms with Crippen molar-refractivity contribution in [3.63, 3.8) is 0 Å². The van der Waals surface area contributed by atoms with Crippen LogP contribution in [-0.2, 0) is 58.0 Å². The number of furan rings is 1. The largest absolute Gasteiger partial charge is 0.493 e. The Bertz CT molecular complexity index is 2620. The Labute approximate surface area is 430 Å². The molecule has 0 saturated carbocycles. The molecule has 3 atom stereocenters. The highest BCUT2D eigenvalue weighted by atomic mass is 16.7. The molecule has 4 aromatic carbocycles. The summed E-state index contributed by atoms with van der Waals surface area (Å²) in [5, 5.41) is 8.92. The van der Waals surface area contributed by atoms with Gasteiger partial charge in [-0.3, -0.25) is 28.9 Å². The summed E-state index contributed by atoms with van der Waals surface area (Å²) >= 11 is 0. The smallest absolute Gasteiger partial charge is 0.363 e. The Balaban J connectivity index is 1.06. The first kappa shape index (κ1) is 55.5. The summed E-state index contributed by atoms with van der Waals surface area (Å²) in [7, 11) is 0. The number of carbonyl (C=O) groups is 7. The van der Waals surface area contributed by atoms with Crippen LogP contribution in [0.4, 0.5) is 0 Å². The lowest BCUT2D eigenvalue weighted by atomic mass is 9.90. The van der Waals surface area contributed by atoms with Crippen LogP contribution in [0.5, 0.6) is 5.75 Å². The molecule has 74 heavy (non-hydrogen) atoms. The third kappa shape index (κ3) is 16.6. The van der Waals surface area contributed by atoms with E-state index in [1.807, 2.05) is 31.2 Å². The van der Waals surface area contributed by atoms with Crippen LogP contribution in [0.3, 0.4) is 0 Å². The first-order valence-corrected chi connectivity index (χ1v) is 25.0. The number of esters is 2. The Morgan fingerprint density at radius 1 is 0.757 bits per heavy atom. The minimum atomic E-state index is -1.41. The summed E-state index contributed by atoms with van der Waals surface area (Å²) in [5.41, 5.74) is 3.22. The third-order valence-electron chi connectivity index (χ3n) is 12.2. The summed E-state index contributed by atoms with van der Waals surface area (Å²) in [6.07, 6.45) is 2.98. The summed E-state index contributed by atoms with van der Waals surface area (Å²) in [6.45, 7) is 9.02. The molecule has 1 fully saturated rings. The molecule has 18 nitrogen and oxygen atoms in total. The number of unbranched alkanes of at least 4 members (excludes halogenated alkanes) is 2. The van der Waals surface area contributed by atoms with Crippen molar-refractivity contribution in [3.8, 4) is 17.1 Å². The van der Waals surface area contributed by atoms with E-state index in [0.29, 0.717) is 56.6 Å². The van der Waals surface area contributed by atoms with Crippen LogP contribution in [0, 0.1) is 5.92 Å². The van der Waals surface area contributed by atoms with E-state index in [1.165, 1.54) is 12.1 Å². The van der Waals surface area contributed by atoms with E-state index in [9.17, 15) is 33.6 Å². The van der Waals surface area contributed by atoms with Gasteiger partial charge >= 0.3 is 17.9 Å². The van der Waals surface area contributed by atoms with Crippen LogP contribution >= 0.6 is 0 Å². The molecule has 0 bridgehead atoms. The lowest BCUT2D eigenvalue weighted by Crippen LogP contribution is -2.49. The van der Waals surface area contributed by atoms with Gasteiger partial charge in [-0.1, -0.05) is 112 Å². The molecule has 392 valence electrons. The normalized spacial score (nSPS) is 13.6. The summed E-state index contributed by atoms with van der Waals surface area (Å²) in [4.78, 5) is 101. The van der Waals surface area contributed by atoms with Crippen molar-refractivity contribution in [2.75, 3.05) is 39.6 Å². The van der Waals surface area contributed by atoms with Crippen molar-refractivity contribution in [2.24, 2.45) is 5.92 Å². The number of hydrogen-bond acceptors (Lipinski definition) is 14. The van der Waals surface area contributed by atoms with Gasteiger partial charge in [-0.25, -0.2) is 9.59 Å². The SMILES string of the molecule is CCCCCC(C(=O)NCNC(=O)c1ccc(-c2ccc(C(=O)NC(CC(=O)OCc3ccccc3)C(=O)OCc3ccccc3)c(OCC)c2)o1)C(CC)N(C=O)OC(=O)c1ccc(CN2CCOCC2)cc1. The number of carbonyl (C=O) groups excluding carboxylic acids is 7. The average Bonchev–Trinajstić information content (AvgIpc) is 3.93. The highest BCUT2D eigenvalue weighted by Crippen LogP contribution is 2.30. The van der Waals surface area contributed by atoms with Gasteiger partial charge in [0, 0.05) is 25.2 Å². The van der Waals surface area contributed by atoms with Gasteiger partial charge in [0.05, 0.1) is 56.0 Å². The minimum Gasteiger partial charge on any atom is -0.493 e. The molecule has 1 aliphatic heterocycles. The number of ether oxygens (including phenoxy) is 4. The number of nitrogens with zero attached hydrogens (tertiary/aromatic N) is 2.